The lowest BCUT2D eigenvalue weighted by Crippen LogP contribution is -2.34. The standard InChI is InChI=1S/C14H17N3O3S.H3O4P/c18-16-7-2-8-17(10-9-16)21(19,20)14-4-1-3-12-11-15-6-5-13(12)14;1-5(2,3)4/h1,3-6,11,18H,2,7-10H2;(H3,1,2,3,4). The maximum absolute atomic E-state index is 12.9. The van der Waals surface area contributed by atoms with Crippen LogP contribution in [0.1, 0.15) is 6.42 Å². The second-order valence-corrected chi connectivity index (χ2v) is 8.51. The van der Waals surface area contributed by atoms with Crippen molar-refractivity contribution in [1.82, 2.24) is 14.4 Å². The van der Waals surface area contributed by atoms with Gasteiger partial charge in [0, 0.05) is 49.3 Å². The molecular formula is C14H20N3O7PS. The predicted octanol–water partition coefficient (Wildman–Crippen LogP) is 0.392. The van der Waals surface area contributed by atoms with E-state index in [4.69, 9.17) is 19.2 Å². The first-order chi connectivity index (χ1) is 12.1. The number of nitrogens with zero attached hydrogens (tertiary/aromatic N) is 3. The molecule has 26 heavy (non-hydrogen) atoms. The zero-order valence-corrected chi connectivity index (χ0v) is 15.4. The third kappa shape index (κ3) is 5.79. The molecule has 12 heteroatoms. The molecule has 0 aliphatic carbocycles. The molecule has 0 spiro atoms. The Kier molecular flexibility index (Phi) is 6.83. The largest absolute Gasteiger partial charge is 0.466 e. The quantitative estimate of drug-likeness (QED) is 0.520. The minimum absolute atomic E-state index is 0.292. The van der Waals surface area contributed by atoms with Crippen molar-refractivity contribution in [3.63, 3.8) is 0 Å². The van der Waals surface area contributed by atoms with Crippen LogP contribution in [0.5, 0.6) is 0 Å². The fourth-order valence-corrected chi connectivity index (χ4v) is 4.26. The number of benzene rings is 1. The number of rotatable bonds is 2. The fourth-order valence-electron chi connectivity index (χ4n) is 2.58. The first kappa shape index (κ1) is 20.9. The Balaban J connectivity index is 0.000000431. The second kappa shape index (κ2) is 8.51. The van der Waals surface area contributed by atoms with Crippen molar-refractivity contribution in [3.05, 3.63) is 36.7 Å². The molecule has 0 saturated carbocycles. The maximum Gasteiger partial charge on any atom is 0.466 e. The van der Waals surface area contributed by atoms with Gasteiger partial charge in [-0.2, -0.15) is 9.37 Å². The van der Waals surface area contributed by atoms with Gasteiger partial charge in [0.2, 0.25) is 10.0 Å². The van der Waals surface area contributed by atoms with E-state index in [0.717, 1.165) is 5.39 Å². The van der Waals surface area contributed by atoms with Crippen LogP contribution in [0.2, 0.25) is 0 Å². The van der Waals surface area contributed by atoms with Crippen molar-refractivity contribution >= 4 is 28.6 Å². The molecule has 0 unspecified atom stereocenters. The first-order valence-corrected chi connectivity index (χ1v) is 10.6. The molecule has 1 saturated heterocycles. The summed E-state index contributed by atoms with van der Waals surface area (Å²) in [7, 11) is -8.21. The van der Waals surface area contributed by atoms with Gasteiger partial charge in [0.05, 0.1) is 4.90 Å². The molecule has 2 heterocycles. The number of pyridine rings is 1. The Labute approximate surface area is 150 Å². The zero-order valence-electron chi connectivity index (χ0n) is 13.7. The molecule has 0 radical (unpaired) electrons. The van der Waals surface area contributed by atoms with Crippen LogP contribution >= 0.6 is 7.82 Å². The highest BCUT2D eigenvalue weighted by Crippen LogP contribution is 2.26. The molecule has 144 valence electrons. The van der Waals surface area contributed by atoms with Gasteiger partial charge in [-0.3, -0.25) is 4.98 Å². The molecular weight excluding hydrogens is 385 g/mol. The predicted molar refractivity (Wildman–Crippen MR) is 92.7 cm³/mol. The Morgan fingerprint density at radius 2 is 1.73 bits per heavy atom. The monoisotopic (exact) mass is 405 g/mol. The van der Waals surface area contributed by atoms with Crippen LogP contribution in [0, 0.1) is 0 Å². The zero-order chi connectivity index (χ0) is 19.4. The molecule has 0 amide bonds. The Bertz CT molecular complexity index is 889. The number of aromatic nitrogens is 1. The molecule has 2 aromatic rings. The summed E-state index contributed by atoms with van der Waals surface area (Å²) in [6.07, 6.45) is 3.87. The van der Waals surface area contributed by atoms with E-state index in [-0.39, 0.29) is 0 Å². The SMILES string of the molecule is O=P(O)(O)O.O=S(=O)(c1cccc2cnccc12)N1CCCN(O)CC1. The summed E-state index contributed by atoms with van der Waals surface area (Å²) in [5.74, 6) is 0. The van der Waals surface area contributed by atoms with Crippen molar-refractivity contribution in [2.45, 2.75) is 11.3 Å². The third-order valence-electron chi connectivity index (χ3n) is 3.69. The van der Waals surface area contributed by atoms with E-state index >= 15 is 0 Å². The molecule has 1 fully saturated rings. The molecule has 3 rings (SSSR count). The molecule has 1 aliphatic rings. The summed E-state index contributed by atoms with van der Waals surface area (Å²) in [6.45, 7) is 1.53. The maximum atomic E-state index is 12.9. The van der Waals surface area contributed by atoms with Gasteiger partial charge in [-0.15, -0.1) is 0 Å². The highest BCUT2D eigenvalue weighted by Gasteiger charge is 2.27. The highest BCUT2D eigenvalue weighted by molar-refractivity contribution is 7.89. The average molecular weight is 405 g/mol. The molecule has 0 atom stereocenters. The lowest BCUT2D eigenvalue weighted by molar-refractivity contribution is -0.0854. The van der Waals surface area contributed by atoms with E-state index in [1.807, 2.05) is 6.07 Å². The molecule has 0 bridgehead atoms. The van der Waals surface area contributed by atoms with Crippen molar-refractivity contribution in [2.24, 2.45) is 0 Å². The Hall–Kier alpha value is -1.43. The molecule has 10 nitrogen and oxygen atoms in total. The minimum Gasteiger partial charge on any atom is -0.314 e. The summed E-state index contributed by atoms with van der Waals surface area (Å²) in [6, 6.07) is 6.92. The number of fused-ring (bicyclic) bond motifs is 1. The van der Waals surface area contributed by atoms with Crippen LogP contribution in [0.25, 0.3) is 10.8 Å². The minimum atomic E-state index is -4.64. The normalized spacial score (nSPS) is 17.4. The van der Waals surface area contributed by atoms with Crippen LogP contribution in [0.3, 0.4) is 0 Å². The number of sulfonamides is 1. The van der Waals surface area contributed by atoms with Crippen LogP contribution in [-0.2, 0) is 14.6 Å². The van der Waals surface area contributed by atoms with Gasteiger partial charge in [0.15, 0.2) is 0 Å². The lowest BCUT2D eigenvalue weighted by atomic mass is 10.2. The van der Waals surface area contributed by atoms with Crippen molar-refractivity contribution < 1.29 is 32.9 Å². The highest BCUT2D eigenvalue weighted by atomic mass is 32.2. The van der Waals surface area contributed by atoms with Gasteiger partial charge in [0.1, 0.15) is 0 Å². The van der Waals surface area contributed by atoms with Crippen LogP contribution in [-0.4, -0.2) is 68.8 Å². The van der Waals surface area contributed by atoms with Crippen molar-refractivity contribution in [2.75, 3.05) is 26.2 Å². The topological polar surface area (TPSA) is 152 Å². The van der Waals surface area contributed by atoms with Gasteiger partial charge < -0.3 is 19.9 Å². The average Bonchev–Trinajstić information content (AvgIpc) is 2.78. The van der Waals surface area contributed by atoms with E-state index in [9.17, 15) is 13.6 Å². The number of hydrogen-bond acceptors (Lipinski definition) is 6. The number of hydrogen-bond donors (Lipinski definition) is 4. The summed E-state index contributed by atoms with van der Waals surface area (Å²) in [4.78, 5) is 25.9. The van der Waals surface area contributed by atoms with Gasteiger partial charge in [-0.1, -0.05) is 12.1 Å². The van der Waals surface area contributed by atoms with E-state index in [1.54, 1.807) is 30.6 Å². The van der Waals surface area contributed by atoms with Gasteiger partial charge >= 0.3 is 7.82 Å². The number of phosphoric acid groups is 1. The van der Waals surface area contributed by atoms with Crippen LogP contribution < -0.4 is 0 Å². The van der Waals surface area contributed by atoms with Gasteiger partial charge in [-0.05, 0) is 18.6 Å². The summed E-state index contributed by atoms with van der Waals surface area (Å²) < 4.78 is 36.1. The van der Waals surface area contributed by atoms with Crippen molar-refractivity contribution in [3.8, 4) is 0 Å². The Morgan fingerprint density at radius 1 is 1.04 bits per heavy atom. The van der Waals surface area contributed by atoms with E-state index in [2.05, 4.69) is 4.98 Å². The van der Waals surface area contributed by atoms with Crippen molar-refractivity contribution in [1.29, 1.82) is 0 Å². The summed E-state index contributed by atoms with van der Waals surface area (Å²) in [5.41, 5.74) is 0. The molecule has 1 aromatic carbocycles. The molecule has 4 N–H and O–H groups in total. The van der Waals surface area contributed by atoms with E-state index in [0.29, 0.717) is 42.9 Å². The summed E-state index contributed by atoms with van der Waals surface area (Å²) in [5, 5.41) is 12.2. The summed E-state index contributed by atoms with van der Waals surface area (Å²) >= 11 is 0. The molecule has 1 aromatic heterocycles. The van der Waals surface area contributed by atoms with Gasteiger partial charge in [-0.25, -0.2) is 13.0 Å². The van der Waals surface area contributed by atoms with E-state index < -0.39 is 17.8 Å². The van der Waals surface area contributed by atoms with E-state index in [1.165, 1.54) is 9.37 Å². The third-order valence-corrected chi connectivity index (χ3v) is 5.65. The van der Waals surface area contributed by atoms with Crippen LogP contribution in [0.15, 0.2) is 41.6 Å². The lowest BCUT2D eigenvalue weighted by Gasteiger charge is -2.20. The second-order valence-electron chi connectivity index (χ2n) is 5.58. The number of hydroxylamine groups is 2. The fraction of sp³-hybridized carbons (Fsp3) is 0.357. The smallest absolute Gasteiger partial charge is 0.314 e. The molecule has 1 aliphatic heterocycles. The van der Waals surface area contributed by atoms with Gasteiger partial charge in [0.25, 0.3) is 0 Å². The first-order valence-electron chi connectivity index (χ1n) is 7.64. The van der Waals surface area contributed by atoms with Crippen LogP contribution in [0.4, 0.5) is 0 Å². The Morgan fingerprint density at radius 3 is 2.42 bits per heavy atom.